The number of ketones is 2. The summed E-state index contributed by atoms with van der Waals surface area (Å²) in [7, 11) is 0. The van der Waals surface area contributed by atoms with Crippen molar-refractivity contribution in [1.29, 1.82) is 0 Å². The molecule has 0 saturated heterocycles. The van der Waals surface area contributed by atoms with Gasteiger partial charge in [0.25, 0.3) is 0 Å². The summed E-state index contributed by atoms with van der Waals surface area (Å²) in [6, 6.07) is 8.33. The predicted octanol–water partition coefficient (Wildman–Crippen LogP) is 1.37. The van der Waals surface area contributed by atoms with E-state index >= 15 is 0 Å². The van der Waals surface area contributed by atoms with E-state index in [1.54, 1.807) is 0 Å². The van der Waals surface area contributed by atoms with E-state index in [9.17, 15) is 19.2 Å². The molecule has 1 amide bonds. The lowest BCUT2D eigenvalue weighted by Crippen LogP contribution is -2.42. The summed E-state index contributed by atoms with van der Waals surface area (Å²) in [6.45, 7) is 2.59. The number of nitrogens with one attached hydrogen (secondary N) is 1. The van der Waals surface area contributed by atoms with Crippen LogP contribution in [0.5, 0.6) is 0 Å². The Morgan fingerprint density at radius 3 is 2.13 bits per heavy atom. The quantitative estimate of drug-likeness (QED) is 0.716. The zero-order chi connectivity index (χ0) is 17.4. The highest BCUT2D eigenvalue weighted by Gasteiger charge is 2.27. The zero-order valence-electron chi connectivity index (χ0n) is 13.2. The van der Waals surface area contributed by atoms with Crippen molar-refractivity contribution in [3.05, 3.63) is 35.9 Å². The van der Waals surface area contributed by atoms with Crippen LogP contribution in [0.4, 0.5) is 0 Å². The molecule has 0 aliphatic heterocycles. The Kier molecular flexibility index (Phi) is 7.12. The second kappa shape index (κ2) is 8.82. The van der Waals surface area contributed by atoms with E-state index in [1.807, 2.05) is 30.3 Å². The molecule has 1 aromatic rings. The van der Waals surface area contributed by atoms with Crippen molar-refractivity contribution in [3.8, 4) is 0 Å². The van der Waals surface area contributed by atoms with E-state index in [2.05, 4.69) is 5.32 Å². The number of carbonyl (C=O) groups excluding carboxylic acids is 3. The molecule has 6 heteroatoms. The maximum atomic E-state index is 12.4. The van der Waals surface area contributed by atoms with Gasteiger partial charge in [-0.25, -0.2) is 0 Å². The summed E-state index contributed by atoms with van der Waals surface area (Å²) >= 11 is 0. The summed E-state index contributed by atoms with van der Waals surface area (Å²) < 4.78 is 0. The molecule has 2 N–H and O–H groups in total. The summed E-state index contributed by atoms with van der Waals surface area (Å²) in [6.07, 6.45) is -0.197. The molecular weight excluding hydrogens is 298 g/mol. The summed E-state index contributed by atoms with van der Waals surface area (Å²) in [5.41, 5.74) is 0.859. The second-order valence-corrected chi connectivity index (χ2v) is 5.55. The molecule has 0 heterocycles. The number of hydrogen-bond donors (Lipinski definition) is 2. The molecule has 0 bridgehead atoms. The van der Waals surface area contributed by atoms with Crippen LogP contribution in [-0.4, -0.2) is 34.6 Å². The first kappa shape index (κ1) is 18.5. The predicted molar refractivity (Wildman–Crippen MR) is 83.8 cm³/mol. The largest absolute Gasteiger partial charge is 0.481 e. The number of carboxylic acids is 1. The SMILES string of the molecule is CC(=O)C[C@H](CC(=O)[C@H](Cc1ccccc1)NC(C)=O)C(=O)O. The van der Waals surface area contributed by atoms with Gasteiger partial charge < -0.3 is 15.2 Å². The highest BCUT2D eigenvalue weighted by molar-refractivity contribution is 5.92. The molecule has 0 unspecified atom stereocenters. The number of amides is 1. The lowest BCUT2D eigenvalue weighted by molar-refractivity contribution is -0.145. The topological polar surface area (TPSA) is 101 Å². The number of rotatable bonds is 9. The maximum absolute atomic E-state index is 12.4. The van der Waals surface area contributed by atoms with Crippen LogP contribution in [0, 0.1) is 5.92 Å². The first-order valence-corrected chi connectivity index (χ1v) is 7.35. The Bertz CT molecular complexity index is 582. The third-order valence-electron chi connectivity index (χ3n) is 3.38. The molecule has 6 nitrogen and oxygen atoms in total. The summed E-state index contributed by atoms with van der Waals surface area (Å²) in [4.78, 5) is 46.0. The first-order valence-electron chi connectivity index (χ1n) is 7.35. The van der Waals surface area contributed by atoms with Gasteiger partial charge in [0, 0.05) is 19.8 Å². The lowest BCUT2D eigenvalue weighted by atomic mass is 9.91. The fourth-order valence-electron chi connectivity index (χ4n) is 2.32. The maximum Gasteiger partial charge on any atom is 0.307 e. The minimum atomic E-state index is -1.19. The molecule has 1 rings (SSSR count). The van der Waals surface area contributed by atoms with Crippen LogP contribution in [0.3, 0.4) is 0 Å². The molecule has 0 aromatic heterocycles. The Labute approximate surface area is 134 Å². The number of carboxylic acid groups (broad SMARTS) is 1. The second-order valence-electron chi connectivity index (χ2n) is 5.55. The van der Waals surface area contributed by atoms with Gasteiger partial charge in [0.2, 0.25) is 5.91 Å². The molecule has 124 valence electrons. The average Bonchev–Trinajstić information content (AvgIpc) is 2.45. The minimum Gasteiger partial charge on any atom is -0.481 e. The van der Waals surface area contributed by atoms with Crippen molar-refractivity contribution in [2.24, 2.45) is 5.92 Å². The third-order valence-corrected chi connectivity index (χ3v) is 3.38. The highest BCUT2D eigenvalue weighted by Crippen LogP contribution is 2.14. The van der Waals surface area contributed by atoms with Gasteiger partial charge in [0.15, 0.2) is 5.78 Å². The van der Waals surface area contributed by atoms with E-state index < -0.39 is 23.7 Å². The van der Waals surface area contributed by atoms with Crippen molar-refractivity contribution in [2.75, 3.05) is 0 Å². The van der Waals surface area contributed by atoms with Gasteiger partial charge in [-0.15, -0.1) is 0 Å². The van der Waals surface area contributed by atoms with Crippen molar-refractivity contribution >= 4 is 23.4 Å². The number of carbonyl (C=O) groups is 4. The molecule has 1 aromatic carbocycles. The van der Waals surface area contributed by atoms with E-state index in [0.717, 1.165) is 5.56 Å². The number of benzene rings is 1. The molecule has 0 radical (unpaired) electrons. The van der Waals surface area contributed by atoms with E-state index in [1.165, 1.54) is 13.8 Å². The van der Waals surface area contributed by atoms with Crippen LogP contribution < -0.4 is 5.32 Å². The van der Waals surface area contributed by atoms with Crippen molar-refractivity contribution in [1.82, 2.24) is 5.32 Å². The van der Waals surface area contributed by atoms with Crippen molar-refractivity contribution in [2.45, 2.75) is 39.2 Å². The van der Waals surface area contributed by atoms with Crippen LogP contribution in [-0.2, 0) is 25.6 Å². The lowest BCUT2D eigenvalue weighted by Gasteiger charge is -2.19. The van der Waals surface area contributed by atoms with Gasteiger partial charge in [-0.1, -0.05) is 30.3 Å². The van der Waals surface area contributed by atoms with E-state index in [0.29, 0.717) is 0 Å². The Morgan fingerprint density at radius 2 is 1.65 bits per heavy atom. The summed E-state index contributed by atoms with van der Waals surface area (Å²) in [5.74, 6) is -3.29. The monoisotopic (exact) mass is 319 g/mol. The first-order chi connectivity index (χ1) is 10.8. The number of hydrogen-bond acceptors (Lipinski definition) is 4. The fourth-order valence-corrected chi connectivity index (χ4v) is 2.32. The van der Waals surface area contributed by atoms with Crippen LogP contribution >= 0.6 is 0 Å². The van der Waals surface area contributed by atoms with E-state index in [-0.39, 0.29) is 31.0 Å². The third kappa shape index (κ3) is 6.86. The molecule has 0 spiro atoms. The van der Waals surface area contributed by atoms with Gasteiger partial charge in [0.05, 0.1) is 12.0 Å². The minimum absolute atomic E-state index is 0.195. The average molecular weight is 319 g/mol. The van der Waals surface area contributed by atoms with Crippen LogP contribution in [0.1, 0.15) is 32.3 Å². The van der Waals surface area contributed by atoms with Crippen LogP contribution in [0.2, 0.25) is 0 Å². The molecule has 2 atom stereocenters. The van der Waals surface area contributed by atoms with Crippen LogP contribution in [0.15, 0.2) is 30.3 Å². The number of Topliss-reactive ketones (excluding diaryl/α,β-unsaturated/α-hetero) is 2. The molecular formula is C17H21NO5. The standard InChI is InChI=1S/C17H21NO5/c1-11(19)8-14(17(22)23)10-16(21)15(18-12(2)20)9-13-6-4-3-5-7-13/h3-7,14-15H,8-10H2,1-2H3,(H,18,20)(H,22,23)/t14-,15+/m1/s1. The normalized spacial score (nSPS) is 13.0. The smallest absolute Gasteiger partial charge is 0.307 e. The molecule has 0 aliphatic carbocycles. The molecule has 0 fully saturated rings. The summed E-state index contributed by atoms with van der Waals surface area (Å²) in [5, 5.41) is 11.7. The van der Waals surface area contributed by atoms with Crippen molar-refractivity contribution < 1.29 is 24.3 Å². The molecule has 23 heavy (non-hydrogen) atoms. The number of aliphatic carboxylic acids is 1. The fraction of sp³-hybridized carbons (Fsp3) is 0.412. The van der Waals surface area contributed by atoms with Crippen LogP contribution in [0.25, 0.3) is 0 Å². The Hall–Kier alpha value is -2.50. The van der Waals surface area contributed by atoms with Gasteiger partial charge in [-0.2, -0.15) is 0 Å². The van der Waals surface area contributed by atoms with Gasteiger partial charge in [-0.05, 0) is 18.9 Å². The van der Waals surface area contributed by atoms with E-state index in [4.69, 9.17) is 5.11 Å². The van der Waals surface area contributed by atoms with Crippen molar-refractivity contribution in [3.63, 3.8) is 0 Å². The molecule has 0 saturated carbocycles. The highest BCUT2D eigenvalue weighted by atomic mass is 16.4. The van der Waals surface area contributed by atoms with Gasteiger partial charge in [-0.3, -0.25) is 14.4 Å². The zero-order valence-corrected chi connectivity index (χ0v) is 13.2. The Morgan fingerprint density at radius 1 is 1.04 bits per heavy atom. The molecule has 0 aliphatic rings. The van der Waals surface area contributed by atoms with Gasteiger partial charge in [0.1, 0.15) is 5.78 Å². The van der Waals surface area contributed by atoms with Gasteiger partial charge >= 0.3 is 5.97 Å². The Balaban J connectivity index is 2.83.